The van der Waals surface area contributed by atoms with E-state index in [2.05, 4.69) is 0 Å². The first-order valence-corrected chi connectivity index (χ1v) is 4.46. The summed E-state index contributed by atoms with van der Waals surface area (Å²) in [6, 6.07) is 2.32. The van der Waals surface area contributed by atoms with Gasteiger partial charge in [-0.15, -0.1) is 0 Å². The summed E-state index contributed by atoms with van der Waals surface area (Å²) in [5.41, 5.74) is 6.00. The van der Waals surface area contributed by atoms with Crippen molar-refractivity contribution in [3.05, 3.63) is 17.7 Å². The van der Waals surface area contributed by atoms with Crippen molar-refractivity contribution < 1.29 is 19.7 Å². The highest BCUT2D eigenvalue weighted by Gasteiger charge is 2.19. The lowest BCUT2D eigenvalue weighted by Crippen LogP contribution is -2.16. The Morgan fingerprint density at radius 1 is 1.33 bits per heavy atom. The summed E-state index contributed by atoms with van der Waals surface area (Å²) in [5.74, 6) is 0.794. The van der Waals surface area contributed by atoms with E-state index in [0.29, 0.717) is 17.1 Å². The lowest BCUT2D eigenvalue weighted by molar-refractivity contribution is 0.259. The van der Waals surface area contributed by atoms with Gasteiger partial charge >= 0.3 is 0 Å². The number of aliphatic hydroxyl groups excluding tert-OH is 1. The van der Waals surface area contributed by atoms with Crippen LogP contribution in [0.25, 0.3) is 0 Å². The second-order valence-electron chi connectivity index (χ2n) is 3.02. The molecule has 0 saturated carbocycles. The number of hydrogen-bond acceptors (Lipinski definition) is 5. The molecular formula is C10H15NO4. The fourth-order valence-corrected chi connectivity index (χ4v) is 1.39. The molecule has 0 aliphatic heterocycles. The fourth-order valence-electron chi connectivity index (χ4n) is 1.39. The highest BCUT2D eigenvalue weighted by molar-refractivity contribution is 5.54. The van der Waals surface area contributed by atoms with Crippen LogP contribution in [0.4, 0.5) is 0 Å². The predicted octanol–water partition coefficient (Wildman–Crippen LogP) is 0.401. The summed E-state index contributed by atoms with van der Waals surface area (Å²) in [5, 5.41) is 18.6. The molecule has 0 aliphatic rings. The lowest BCUT2D eigenvalue weighted by Gasteiger charge is -2.17. The topological polar surface area (TPSA) is 84.9 Å². The number of hydrogen-bond donors (Lipinski definition) is 3. The Balaban J connectivity index is 3.31. The van der Waals surface area contributed by atoms with E-state index in [1.54, 1.807) is 6.07 Å². The molecule has 1 atom stereocenters. The van der Waals surface area contributed by atoms with Crippen LogP contribution in [0.1, 0.15) is 11.6 Å². The molecule has 1 unspecified atom stereocenters. The van der Waals surface area contributed by atoms with E-state index in [0.717, 1.165) is 0 Å². The molecule has 0 aromatic heterocycles. The Labute approximate surface area is 88.0 Å². The zero-order chi connectivity index (χ0) is 11.4. The zero-order valence-electron chi connectivity index (χ0n) is 8.73. The van der Waals surface area contributed by atoms with Crippen molar-refractivity contribution in [2.45, 2.75) is 6.04 Å². The minimum Gasteiger partial charge on any atom is -0.507 e. The second-order valence-corrected chi connectivity index (χ2v) is 3.02. The molecule has 0 bridgehead atoms. The van der Waals surface area contributed by atoms with Crippen molar-refractivity contribution in [3.8, 4) is 17.2 Å². The smallest absolute Gasteiger partial charge is 0.169 e. The summed E-state index contributed by atoms with van der Waals surface area (Å²) in [4.78, 5) is 0. The van der Waals surface area contributed by atoms with Gasteiger partial charge in [0.2, 0.25) is 0 Å². The summed E-state index contributed by atoms with van der Waals surface area (Å²) in [6.45, 7) is -0.281. The van der Waals surface area contributed by atoms with Gasteiger partial charge in [0.1, 0.15) is 5.75 Å². The van der Waals surface area contributed by atoms with Gasteiger partial charge in [0, 0.05) is 0 Å². The molecule has 4 N–H and O–H groups in total. The summed E-state index contributed by atoms with van der Waals surface area (Å²) < 4.78 is 10.1. The van der Waals surface area contributed by atoms with E-state index in [-0.39, 0.29) is 12.4 Å². The first-order chi connectivity index (χ1) is 7.15. The summed E-state index contributed by atoms with van der Waals surface area (Å²) >= 11 is 0. The third-order valence-corrected chi connectivity index (χ3v) is 2.13. The number of methoxy groups -OCH3 is 2. The maximum atomic E-state index is 9.62. The van der Waals surface area contributed by atoms with E-state index in [4.69, 9.17) is 20.3 Å². The second kappa shape index (κ2) is 4.86. The van der Waals surface area contributed by atoms with Crippen LogP contribution in [0.5, 0.6) is 17.2 Å². The van der Waals surface area contributed by atoms with E-state index < -0.39 is 6.04 Å². The third-order valence-electron chi connectivity index (χ3n) is 2.13. The Morgan fingerprint density at radius 3 is 2.47 bits per heavy atom. The van der Waals surface area contributed by atoms with Gasteiger partial charge in [-0.3, -0.25) is 0 Å². The number of nitrogens with two attached hydrogens (primary N) is 1. The molecule has 1 rings (SSSR count). The number of rotatable bonds is 4. The standard InChI is InChI=1S/C10H15NO4/c1-14-8-4-3-7(13)9(6(11)5-12)10(8)15-2/h3-4,6,12-13H,5,11H2,1-2H3. The van der Waals surface area contributed by atoms with Gasteiger partial charge < -0.3 is 25.4 Å². The Morgan fingerprint density at radius 2 is 2.00 bits per heavy atom. The Kier molecular flexibility index (Phi) is 3.76. The van der Waals surface area contributed by atoms with Crippen LogP contribution in [0.15, 0.2) is 12.1 Å². The zero-order valence-corrected chi connectivity index (χ0v) is 8.73. The molecule has 0 amide bonds. The van der Waals surface area contributed by atoms with Gasteiger partial charge in [0.15, 0.2) is 11.5 Å². The first kappa shape index (κ1) is 11.6. The van der Waals surface area contributed by atoms with Crippen LogP contribution in [-0.4, -0.2) is 31.0 Å². The maximum Gasteiger partial charge on any atom is 0.169 e. The molecule has 5 heteroatoms. The minimum atomic E-state index is -0.699. The van der Waals surface area contributed by atoms with E-state index in [1.165, 1.54) is 20.3 Å². The predicted molar refractivity (Wildman–Crippen MR) is 55.2 cm³/mol. The molecule has 0 fully saturated rings. The minimum absolute atomic E-state index is 0.0193. The van der Waals surface area contributed by atoms with Crippen molar-refractivity contribution >= 4 is 0 Å². The van der Waals surface area contributed by atoms with Crippen molar-refractivity contribution in [1.82, 2.24) is 0 Å². The van der Waals surface area contributed by atoms with Crippen LogP contribution in [0, 0.1) is 0 Å². The Bertz CT molecular complexity index is 340. The molecule has 1 aromatic carbocycles. The highest BCUT2D eigenvalue weighted by atomic mass is 16.5. The molecular weight excluding hydrogens is 198 g/mol. The lowest BCUT2D eigenvalue weighted by atomic mass is 10.1. The van der Waals surface area contributed by atoms with Gasteiger partial charge in [0.05, 0.1) is 32.4 Å². The van der Waals surface area contributed by atoms with E-state index in [9.17, 15) is 5.11 Å². The Hall–Kier alpha value is -1.46. The average molecular weight is 213 g/mol. The van der Waals surface area contributed by atoms with Gasteiger partial charge in [-0.25, -0.2) is 0 Å². The molecule has 5 nitrogen and oxygen atoms in total. The maximum absolute atomic E-state index is 9.62. The quantitative estimate of drug-likeness (QED) is 0.674. The molecule has 84 valence electrons. The average Bonchev–Trinajstić information content (AvgIpc) is 2.27. The van der Waals surface area contributed by atoms with Crippen molar-refractivity contribution in [2.75, 3.05) is 20.8 Å². The van der Waals surface area contributed by atoms with Gasteiger partial charge in [-0.2, -0.15) is 0 Å². The number of aliphatic hydroxyl groups is 1. The molecule has 0 radical (unpaired) electrons. The van der Waals surface area contributed by atoms with Crippen molar-refractivity contribution in [3.63, 3.8) is 0 Å². The molecule has 0 spiro atoms. The number of phenols is 1. The van der Waals surface area contributed by atoms with Gasteiger partial charge in [-0.05, 0) is 12.1 Å². The molecule has 1 aromatic rings. The number of ether oxygens (including phenoxy) is 2. The first-order valence-electron chi connectivity index (χ1n) is 4.46. The van der Waals surface area contributed by atoms with Crippen molar-refractivity contribution in [2.24, 2.45) is 5.73 Å². The highest BCUT2D eigenvalue weighted by Crippen LogP contribution is 2.39. The molecule has 15 heavy (non-hydrogen) atoms. The summed E-state index contributed by atoms with van der Waals surface area (Å²) in [6.07, 6.45) is 0. The fraction of sp³-hybridized carbons (Fsp3) is 0.400. The monoisotopic (exact) mass is 213 g/mol. The normalized spacial score (nSPS) is 12.3. The van der Waals surface area contributed by atoms with E-state index >= 15 is 0 Å². The van der Waals surface area contributed by atoms with E-state index in [1.807, 2.05) is 0 Å². The third kappa shape index (κ3) is 2.14. The summed E-state index contributed by atoms with van der Waals surface area (Å²) in [7, 11) is 2.94. The van der Waals surface area contributed by atoms with Crippen LogP contribution in [0.2, 0.25) is 0 Å². The number of benzene rings is 1. The SMILES string of the molecule is COc1ccc(O)c(C(N)CO)c1OC. The van der Waals surface area contributed by atoms with Crippen LogP contribution >= 0.6 is 0 Å². The molecule has 0 aliphatic carbocycles. The molecule has 0 saturated heterocycles. The van der Waals surface area contributed by atoms with Crippen LogP contribution in [-0.2, 0) is 0 Å². The van der Waals surface area contributed by atoms with Gasteiger partial charge in [0.25, 0.3) is 0 Å². The van der Waals surface area contributed by atoms with Crippen molar-refractivity contribution in [1.29, 1.82) is 0 Å². The van der Waals surface area contributed by atoms with Gasteiger partial charge in [-0.1, -0.05) is 0 Å². The molecule has 0 heterocycles. The number of aromatic hydroxyl groups is 1. The van der Waals surface area contributed by atoms with Crippen LogP contribution < -0.4 is 15.2 Å². The largest absolute Gasteiger partial charge is 0.507 e. The van der Waals surface area contributed by atoms with Crippen LogP contribution in [0.3, 0.4) is 0 Å². The number of phenolic OH excluding ortho intramolecular Hbond substituents is 1.